The van der Waals surface area contributed by atoms with Crippen LogP contribution in [-0.2, 0) is 6.54 Å². The highest BCUT2D eigenvalue weighted by molar-refractivity contribution is 6.09. The van der Waals surface area contributed by atoms with Gasteiger partial charge in [0.05, 0.1) is 0 Å². The standard InChI is InChI=1S/C23H25N3O3/c1-16(23(27)19-13-24-20-5-3-2-4-18(19)20)26-10-8-25(9-11-26)14-17-6-7-21-22(12-17)29-15-28-21/h2-7,12-13,16,24H,8-11,14-15H2,1H3/p+2/t16-/m0/s1. The number of piperazine rings is 1. The van der Waals surface area contributed by atoms with E-state index in [0.29, 0.717) is 6.79 Å². The third-order valence-corrected chi connectivity index (χ3v) is 6.35. The van der Waals surface area contributed by atoms with E-state index in [1.807, 2.05) is 36.5 Å². The van der Waals surface area contributed by atoms with Gasteiger partial charge in [0, 0.05) is 28.2 Å². The van der Waals surface area contributed by atoms with E-state index < -0.39 is 0 Å². The maximum atomic E-state index is 13.1. The van der Waals surface area contributed by atoms with E-state index in [4.69, 9.17) is 9.47 Å². The van der Waals surface area contributed by atoms with Crippen molar-refractivity contribution in [3.63, 3.8) is 0 Å². The van der Waals surface area contributed by atoms with Gasteiger partial charge in [0.1, 0.15) is 38.8 Å². The van der Waals surface area contributed by atoms with Crippen molar-refractivity contribution in [1.82, 2.24) is 4.98 Å². The number of aromatic nitrogens is 1. The molecule has 2 aliphatic heterocycles. The lowest BCUT2D eigenvalue weighted by molar-refractivity contribution is -1.02. The zero-order chi connectivity index (χ0) is 19.8. The number of H-pyrrole nitrogens is 1. The number of benzene rings is 2. The minimum Gasteiger partial charge on any atom is -0.454 e. The van der Waals surface area contributed by atoms with Gasteiger partial charge in [-0.1, -0.05) is 18.2 Å². The normalized spacial score (nSPS) is 22.0. The van der Waals surface area contributed by atoms with Gasteiger partial charge in [-0.15, -0.1) is 0 Å². The van der Waals surface area contributed by atoms with Crippen molar-refractivity contribution in [1.29, 1.82) is 0 Å². The summed E-state index contributed by atoms with van der Waals surface area (Å²) in [4.78, 5) is 19.3. The number of para-hydroxylation sites is 1. The smallest absolute Gasteiger partial charge is 0.231 e. The van der Waals surface area contributed by atoms with Crippen LogP contribution in [-0.4, -0.2) is 49.8 Å². The summed E-state index contributed by atoms with van der Waals surface area (Å²) in [6, 6.07) is 14.2. The highest BCUT2D eigenvalue weighted by atomic mass is 16.7. The Balaban J connectivity index is 1.20. The number of Topliss-reactive ketones (excluding diaryl/α,β-unsaturated/α-hetero) is 1. The van der Waals surface area contributed by atoms with E-state index in [1.54, 1.807) is 4.90 Å². The summed E-state index contributed by atoms with van der Waals surface area (Å²) in [5.74, 6) is 1.92. The summed E-state index contributed by atoms with van der Waals surface area (Å²) in [5.41, 5.74) is 3.11. The van der Waals surface area contributed by atoms with Gasteiger partial charge in [-0.2, -0.15) is 0 Å². The lowest BCUT2D eigenvalue weighted by Gasteiger charge is -2.32. The highest BCUT2D eigenvalue weighted by Crippen LogP contribution is 2.32. The first-order chi connectivity index (χ1) is 14.2. The molecule has 0 amide bonds. The summed E-state index contributed by atoms with van der Waals surface area (Å²) in [7, 11) is 0. The molecule has 0 saturated carbocycles. The number of carbonyl (C=O) groups is 1. The van der Waals surface area contributed by atoms with E-state index in [2.05, 4.69) is 24.0 Å². The molecule has 6 heteroatoms. The number of hydrogen-bond donors (Lipinski definition) is 3. The van der Waals surface area contributed by atoms with Crippen molar-refractivity contribution in [3.8, 4) is 11.5 Å². The zero-order valence-corrected chi connectivity index (χ0v) is 16.7. The van der Waals surface area contributed by atoms with Crippen LogP contribution in [0.25, 0.3) is 10.9 Å². The first-order valence-corrected chi connectivity index (χ1v) is 10.4. The minimum atomic E-state index is -0.0266. The van der Waals surface area contributed by atoms with Gasteiger partial charge in [-0.05, 0) is 31.2 Å². The number of carbonyl (C=O) groups excluding carboxylic acids is 1. The molecule has 1 fully saturated rings. The van der Waals surface area contributed by atoms with Gasteiger partial charge < -0.3 is 24.3 Å². The lowest BCUT2D eigenvalue weighted by atomic mass is 10.0. The number of fused-ring (bicyclic) bond motifs is 2. The molecule has 29 heavy (non-hydrogen) atoms. The summed E-state index contributed by atoms with van der Waals surface area (Å²) < 4.78 is 10.9. The average molecular weight is 393 g/mol. The Hall–Kier alpha value is -2.83. The minimum absolute atomic E-state index is 0.0266. The summed E-state index contributed by atoms with van der Waals surface area (Å²) in [6.07, 6.45) is 1.87. The maximum Gasteiger partial charge on any atom is 0.231 e. The number of ketones is 1. The lowest BCUT2D eigenvalue weighted by Crippen LogP contribution is -3.29. The number of quaternary nitrogens is 2. The van der Waals surface area contributed by atoms with Crippen LogP contribution in [0.4, 0.5) is 0 Å². The fraction of sp³-hybridized carbons (Fsp3) is 0.348. The molecule has 1 saturated heterocycles. The Morgan fingerprint density at radius 3 is 2.72 bits per heavy atom. The highest BCUT2D eigenvalue weighted by Gasteiger charge is 2.32. The van der Waals surface area contributed by atoms with Crippen molar-refractivity contribution in [3.05, 3.63) is 59.8 Å². The first-order valence-electron chi connectivity index (χ1n) is 10.4. The van der Waals surface area contributed by atoms with Gasteiger partial charge in [-0.3, -0.25) is 4.79 Å². The van der Waals surface area contributed by atoms with Crippen LogP contribution in [0.5, 0.6) is 11.5 Å². The Morgan fingerprint density at radius 1 is 1.07 bits per heavy atom. The number of nitrogens with one attached hydrogen (secondary N) is 3. The van der Waals surface area contributed by atoms with Gasteiger partial charge in [0.15, 0.2) is 11.5 Å². The SMILES string of the molecule is C[C@@H](C(=O)c1c[nH]c2ccccc12)[NH+]1CC[NH+](Cc2ccc3c(c2)OCO3)CC1. The van der Waals surface area contributed by atoms with Crippen LogP contribution < -0.4 is 19.3 Å². The molecular formula is C23H27N3O3+2. The van der Waals surface area contributed by atoms with Gasteiger partial charge in [0.2, 0.25) is 12.6 Å². The van der Waals surface area contributed by atoms with Crippen LogP contribution in [0.3, 0.4) is 0 Å². The zero-order valence-electron chi connectivity index (χ0n) is 16.7. The molecule has 3 aromatic rings. The Morgan fingerprint density at radius 2 is 1.86 bits per heavy atom. The van der Waals surface area contributed by atoms with Gasteiger partial charge >= 0.3 is 0 Å². The quantitative estimate of drug-likeness (QED) is 0.552. The Bertz CT molecular complexity index is 1040. The predicted molar refractivity (Wildman–Crippen MR) is 110 cm³/mol. The van der Waals surface area contributed by atoms with Crippen LogP contribution in [0, 0.1) is 0 Å². The molecule has 0 radical (unpaired) electrons. The fourth-order valence-electron chi connectivity index (χ4n) is 4.57. The first kappa shape index (κ1) is 18.2. The van der Waals surface area contributed by atoms with Gasteiger partial charge in [0.25, 0.3) is 0 Å². The van der Waals surface area contributed by atoms with E-state index in [0.717, 1.165) is 60.7 Å². The maximum absolute atomic E-state index is 13.1. The second-order valence-corrected chi connectivity index (χ2v) is 8.11. The third kappa shape index (κ3) is 3.50. The van der Waals surface area contributed by atoms with Crippen molar-refractivity contribution in [2.45, 2.75) is 19.5 Å². The molecule has 0 aliphatic carbocycles. The monoisotopic (exact) mass is 393 g/mol. The molecule has 150 valence electrons. The van der Waals surface area contributed by atoms with E-state index >= 15 is 0 Å². The van der Waals surface area contributed by atoms with E-state index in [-0.39, 0.29) is 11.8 Å². The molecule has 6 nitrogen and oxygen atoms in total. The number of ether oxygens (including phenoxy) is 2. The molecule has 0 unspecified atom stereocenters. The van der Waals surface area contributed by atoms with Crippen LogP contribution in [0.15, 0.2) is 48.7 Å². The third-order valence-electron chi connectivity index (χ3n) is 6.35. The molecule has 5 rings (SSSR count). The molecule has 1 atom stereocenters. The summed E-state index contributed by atoms with van der Waals surface area (Å²) in [6.45, 7) is 7.52. The van der Waals surface area contributed by atoms with Gasteiger partial charge in [-0.25, -0.2) is 0 Å². The number of rotatable bonds is 5. The van der Waals surface area contributed by atoms with Crippen molar-refractivity contribution < 1.29 is 24.1 Å². The predicted octanol–water partition coefficient (Wildman–Crippen LogP) is 0.451. The van der Waals surface area contributed by atoms with Crippen molar-refractivity contribution in [2.75, 3.05) is 33.0 Å². The molecule has 1 aromatic heterocycles. The van der Waals surface area contributed by atoms with Crippen molar-refractivity contribution >= 4 is 16.7 Å². The molecule has 3 heterocycles. The fourth-order valence-corrected chi connectivity index (χ4v) is 4.57. The molecule has 3 N–H and O–H groups in total. The Labute approximate surface area is 170 Å². The molecule has 2 aliphatic rings. The second-order valence-electron chi connectivity index (χ2n) is 8.11. The molecular weight excluding hydrogens is 366 g/mol. The van der Waals surface area contributed by atoms with E-state index in [1.165, 1.54) is 10.5 Å². The van der Waals surface area contributed by atoms with Crippen LogP contribution >= 0.6 is 0 Å². The Kier molecular flexibility index (Phi) is 4.73. The molecule has 0 spiro atoms. The average Bonchev–Trinajstić information content (AvgIpc) is 3.40. The van der Waals surface area contributed by atoms with E-state index in [9.17, 15) is 4.79 Å². The summed E-state index contributed by atoms with van der Waals surface area (Å²) >= 11 is 0. The largest absolute Gasteiger partial charge is 0.454 e. The second kappa shape index (κ2) is 7.54. The molecule has 2 aromatic carbocycles. The van der Waals surface area contributed by atoms with Crippen molar-refractivity contribution in [2.24, 2.45) is 0 Å². The summed E-state index contributed by atoms with van der Waals surface area (Å²) in [5, 5.41) is 1.02. The topological polar surface area (TPSA) is 60.2 Å². The van der Waals surface area contributed by atoms with Crippen LogP contribution in [0.1, 0.15) is 22.8 Å². The van der Waals surface area contributed by atoms with Crippen LogP contribution in [0.2, 0.25) is 0 Å². The number of aromatic amines is 1. The molecule has 0 bridgehead atoms. The number of hydrogen-bond acceptors (Lipinski definition) is 3.